The summed E-state index contributed by atoms with van der Waals surface area (Å²) in [5.74, 6) is -0.256. The predicted molar refractivity (Wildman–Crippen MR) is 60.2 cm³/mol. The summed E-state index contributed by atoms with van der Waals surface area (Å²) in [4.78, 5) is 7.36. The van der Waals surface area contributed by atoms with Gasteiger partial charge < -0.3 is 22.3 Å². The average Bonchev–Trinajstić information content (AvgIpc) is 2.08. The molecule has 0 heterocycles. The molecular formula is C8H10ClN5O. The van der Waals surface area contributed by atoms with Gasteiger partial charge in [0, 0.05) is 6.07 Å². The third kappa shape index (κ3) is 3.35. The molecule has 0 amide bonds. The first-order valence-electron chi connectivity index (χ1n) is 3.91. The molecule has 0 aliphatic heterocycles. The molecule has 0 aliphatic rings. The van der Waals surface area contributed by atoms with Crippen molar-refractivity contribution < 1.29 is 5.11 Å². The molecule has 7 N–H and O–H groups in total. The van der Waals surface area contributed by atoms with E-state index < -0.39 is 0 Å². The van der Waals surface area contributed by atoms with Gasteiger partial charge in [0.1, 0.15) is 5.75 Å². The van der Waals surface area contributed by atoms with Crippen molar-refractivity contribution in [2.24, 2.45) is 27.2 Å². The van der Waals surface area contributed by atoms with E-state index in [1.165, 1.54) is 18.2 Å². The highest BCUT2D eigenvalue weighted by atomic mass is 35.5. The Hall–Kier alpha value is -1.95. The lowest BCUT2D eigenvalue weighted by atomic mass is 10.3. The molecule has 7 heteroatoms. The van der Waals surface area contributed by atoms with E-state index in [2.05, 4.69) is 9.98 Å². The number of phenols is 1. The van der Waals surface area contributed by atoms with Gasteiger partial charge in [-0.1, -0.05) is 11.6 Å². The Bertz CT molecular complexity index is 425. The van der Waals surface area contributed by atoms with E-state index in [9.17, 15) is 0 Å². The van der Waals surface area contributed by atoms with E-state index >= 15 is 0 Å². The summed E-state index contributed by atoms with van der Waals surface area (Å²) < 4.78 is 0. The number of hydrogen-bond donors (Lipinski definition) is 4. The highest BCUT2D eigenvalue weighted by Crippen LogP contribution is 2.28. The quantitative estimate of drug-likeness (QED) is 0.406. The second kappa shape index (κ2) is 4.52. The van der Waals surface area contributed by atoms with E-state index in [0.29, 0.717) is 5.69 Å². The van der Waals surface area contributed by atoms with Gasteiger partial charge in [0.05, 0.1) is 10.7 Å². The zero-order valence-corrected chi connectivity index (χ0v) is 8.44. The largest absolute Gasteiger partial charge is 0.508 e. The fourth-order valence-electron chi connectivity index (χ4n) is 0.867. The van der Waals surface area contributed by atoms with Crippen LogP contribution in [0.25, 0.3) is 0 Å². The van der Waals surface area contributed by atoms with Crippen LogP contribution in [0.5, 0.6) is 5.75 Å². The van der Waals surface area contributed by atoms with Gasteiger partial charge >= 0.3 is 0 Å². The zero-order chi connectivity index (χ0) is 11.4. The minimum absolute atomic E-state index is 0.0411. The lowest BCUT2D eigenvalue weighted by molar-refractivity contribution is 0.475. The van der Waals surface area contributed by atoms with Crippen LogP contribution in [0.1, 0.15) is 0 Å². The molecule has 0 aliphatic carbocycles. The average molecular weight is 228 g/mol. The molecule has 1 rings (SSSR count). The summed E-state index contributed by atoms with van der Waals surface area (Å²) in [6.07, 6.45) is 0. The first kappa shape index (κ1) is 11.1. The third-order valence-electron chi connectivity index (χ3n) is 1.41. The van der Waals surface area contributed by atoms with E-state index in [1.54, 1.807) is 0 Å². The van der Waals surface area contributed by atoms with Crippen LogP contribution < -0.4 is 17.2 Å². The van der Waals surface area contributed by atoms with Gasteiger partial charge in [-0.25, -0.2) is 4.99 Å². The second-order valence-corrected chi connectivity index (χ2v) is 3.05. The summed E-state index contributed by atoms with van der Waals surface area (Å²) in [5, 5.41) is 9.34. The lowest BCUT2D eigenvalue weighted by Crippen LogP contribution is -2.26. The number of phenolic OH excluding ortho intramolecular Hbond substituents is 1. The maximum Gasteiger partial charge on any atom is 0.223 e. The zero-order valence-electron chi connectivity index (χ0n) is 7.68. The van der Waals surface area contributed by atoms with Crippen LogP contribution in [0, 0.1) is 0 Å². The molecule has 1 aromatic carbocycles. The van der Waals surface area contributed by atoms with Crippen LogP contribution in [0.2, 0.25) is 5.02 Å². The fraction of sp³-hybridized carbons (Fsp3) is 0. The Kier molecular flexibility index (Phi) is 3.35. The number of hydrogen-bond acceptors (Lipinski definition) is 2. The fourth-order valence-corrected chi connectivity index (χ4v) is 1.08. The summed E-state index contributed by atoms with van der Waals surface area (Å²) in [6, 6.07) is 4.25. The highest BCUT2D eigenvalue weighted by molar-refractivity contribution is 6.33. The number of halogens is 1. The molecule has 0 bridgehead atoms. The summed E-state index contributed by atoms with van der Waals surface area (Å²) >= 11 is 5.78. The number of aromatic hydroxyl groups is 1. The van der Waals surface area contributed by atoms with Crippen LogP contribution >= 0.6 is 11.6 Å². The van der Waals surface area contributed by atoms with Gasteiger partial charge in [-0.15, -0.1) is 0 Å². The van der Waals surface area contributed by atoms with Crippen molar-refractivity contribution in [3.8, 4) is 5.75 Å². The molecule has 6 nitrogen and oxygen atoms in total. The van der Waals surface area contributed by atoms with Gasteiger partial charge in [-0.3, -0.25) is 0 Å². The van der Waals surface area contributed by atoms with Crippen molar-refractivity contribution in [3.05, 3.63) is 23.2 Å². The van der Waals surface area contributed by atoms with E-state index in [0.717, 1.165) is 0 Å². The minimum atomic E-state index is -0.189. The molecule has 0 radical (unpaired) electrons. The van der Waals surface area contributed by atoms with Crippen LogP contribution in [0.3, 0.4) is 0 Å². The normalized spacial score (nSPS) is 11.1. The van der Waals surface area contributed by atoms with Gasteiger partial charge in [0.2, 0.25) is 5.96 Å². The van der Waals surface area contributed by atoms with E-state index in [1.807, 2.05) is 0 Å². The molecule has 0 atom stereocenters. The second-order valence-electron chi connectivity index (χ2n) is 2.64. The SMILES string of the molecule is NC(N)=NC(N)=Nc1ccc(O)cc1Cl. The first-order chi connectivity index (χ1) is 6.99. The molecule has 0 fully saturated rings. The van der Waals surface area contributed by atoms with Gasteiger partial charge in [-0.05, 0) is 12.1 Å². The summed E-state index contributed by atoms with van der Waals surface area (Å²) in [5.41, 5.74) is 16.0. The molecule has 80 valence electrons. The molecule has 0 unspecified atom stereocenters. The number of nitrogens with two attached hydrogens (primary N) is 3. The van der Waals surface area contributed by atoms with Crippen LogP contribution in [0.15, 0.2) is 28.2 Å². The number of benzene rings is 1. The molecule has 1 aromatic rings. The van der Waals surface area contributed by atoms with Gasteiger partial charge in [-0.2, -0.15) is 4.99 Å². The Labute approximate surface area is 91.1 Å². The molecule has 0 aromatic heterocycles. The van der Waals surface area contributed by atoms with Crippen molar-refractivity contribution in [1.29, 1.82) is 0 Å². The number of guanidine groups is 2. The van der Waals surface area contributed by atoms with Crippen molar-refractivity contribution >= 4 is 29.2 Å². The Morgan fingerprint density at radius 2 is 1.93 bits per heavy atom. The van der Waals surface area contributed by atoms with Crippen molar-refractivity contribution in [2.75, 3.05) is 0 Å². The molecule has 0 saturated heterocycles. The lowest BCUT2D eigenvalue weighted by Gasteiger charge is -1.99. The van der Waals surface area contributed by atoms with Crippen LogP contribution in [-0.4, -0.2) is 17.0 Å². The first-order valence-corrected chi connectivity index (χ1v) is 4.29. The molecular weight excluding hydrogens is 218 g/mol. The topological polar surface area (TPSA) is 123 Å². The van der Waals surface area contributed by atoms with Crippen molar-refractivity contribution in [2.45, 2.75) is 0 Å². The standard InChI is InChI=1S/C8H10ClN5O/c9-5-3-4(15)1-2-6(5)13-8(12)14-7(10)11/h1-3,15H,(H6,10,11,12,13,14). The van der Waals surface area contributed by atoms with Crippen LogP contribution in [-0.2, 0) is 0 Å². The summed E-state index contributed by atoms with van der Waals surface area (Å²) in [7, 11) is 0. The Balaban J connectivity index is 3.03. The van der Waals surface area contributed by atoms with Gasteiger partial charge in [0.15, 0.2) is 5.96 Å². The summed E-state index contributed by atoms with van der Waals surface area (Å²) in [6.45, 7) is 0. The Morgan fingerprint density at radius 3 is 2.47 bits per heavy atom. The minimum Gasteiger partial charge on any atom is -0.508 e. The smallest absolute Gasteiger partial charge is 0.223 e. The van der Waals surface area contributed by atoms with Crippen LogP contribution in [0.4, 0.5) is 5.69 Å². The third-order valence-corrected chi connectivity index (χ3v) is 1.71. The molecule has 0 saturated carbocycles. The van der Waals surface area contributed by atoms with Crippen molar-refractivity contribution in [3.63, 3.8) is 0 Å². The highest BCUT2D eigenvalue weighted by Gasteiger charge is 2.00. The predicted octanol–water partition coefficient (Wildman–Crippen LogP) is 0.265. The Morgan fingerprint density at radius 1 is 1.27 bits per heavy atom. The maximum atomic E-state index is 9.09. The monoisotopic (exact) mass is 227 g/mol. The van der Waals surface area contributed by atoms with E-state index in [-0.39, 0.29) is 22.7 Å². The number of rotatable bonds is 1. The molecule has 15 heavy (non-hydrogen) atoms. The number of aliphatic imine (C=N–C) groups is 2. The van der Waals surface area contributed by atoms with Crippen molar-refractivity contribution in [1.82, 2.24) is 0 Å². The maximum absolute atomic E-state index is 9.09. The van der Waals surface area contributed by atoms with Gasteiger partial charge in [0.25, 0.3) is 0 Å². The molecule has 0 spiro atoms. The van der Waals surface area contributed by atoms with E-state index in [4.69, 9.17) is 33.9 Å². The number of nitrogens with zero attached hydrogens (tertiary/aromatic N) is 2.